The van der Waals surface area contributed by atoms with Gasteiger partial charge in [0.05, 0.1) is 5.92 Å². The molecule has 1 aliphatic heterocycles. The third-order valence-corrected chi connectivity index (χ3v) is 3.16. The van der Waals surface area contributed by atoms with E-state index in [1.54, 1.807) is 18.9 Å². The molecule has 1 fully saturated rings. The first-order valence-electron chi connectivity index (χ1n) is 6.31. The summed E-state index contributed by atoms with van der Waals surface area (Å²) < 4.78 is 0. The van der Waals surface area contributed by atoms with Crippen LogP contribution in [0.15, 0.2) is 0 Å². The van der Waals surface area contributed by atoms with E-state index in [-0.39, 0.29) is 24.5 Å². The van der Waals surface area contributed by atoms with Gasteiger partial charge < -0.3 is 20.2 Å². The Bertz CT molecular complexity index is 372. The molecule has 2 N–H and O–H groups in total. The van der Waals surface area contributed by atoms with Crippen molar-refractivity contribution in [2.75, 3.05) is 26.7 Å². The predicted molar refractivity (Wildman–Crippen MR) is 68.6 cm³/mol. The smallest absolute Gasteiger partial charge is 0.319 e. The van der Waals surface area contributed by atoms with E-state index < -0.39 is 11.9 Å². The molecule has 2 unspecified atom stereocenters. The van der Waals surface area contributed by atoms with E-state index in [4.69, 9.17) is 5.11 Å². The minimum absolute atomic E-state index is 0.00764. The molecule has 1 rings (SSSR count). The fourth-order valence-electron chi connectivity index (χ4n) is 2.15. The van der Waals surface area contributed by atoms with Crippen LogP contribution in [-0.2, 0) is 9.59 Å². The van der Waals surface area contributed by atoms with Gasteiger partial charge in [-0.05, 0) is 6.42 Å². The highest BCUT2D eigenvalue weighted by Gasteiger charge is 2.29. The van der Waals surface area contributed by atoms with E-state index in [0.717, 1.165) is 6.42 Å². The van der Waals surface area contributed by atoms with Gasteiger partial charge in [-0.1, -0.05) is 6.92 Å². The van der Waals surface area contributed by atoms with Crippen molar-refractivity contribution < 1.29 is 19.5 Å². The molecule has 7 nitrogen and oxygen atoms in total. The lowest BCUT2D eigenvalue weighted by Gasteiger charge is -2.26. The zero-order valence-corrected chi connectivity index (χ0v) is 11.5. The summed E-state index contributed by atoms with van der Waals surface area (Å²) in [6, 6.07) is -0.201. The lowest BCUT2D eigenvalue weighted by Crippen LogP contribution is -2.44. The van der Waals surface area contributed by atoms with E-state index in [1.165, 1.54) is 11.8 Å². The monoisotopic (exact) mass is 271 g/mol. The van der Waals surface area contributed by atoms with Gasteiger partial charge in [0.15, 0.2) is 0 Å². The standard InChI is InChI=1S/C12H21N3O4/c1-8(11(17)18)6-14(3)12(19)15-5-4-10(7-15)13-9(2)16/h8,10H,4-7H2,1-3H3,(H,13,16)(H,17,18). The van der Waals surface area contributed by atoms with E-state index in [1.807, 2.05) is 0 Å². The molecular formula is C12H21N3O4. The average Bonchev–Trinajstić information content (AvgIpc) is 2.75. The number of hydrogen-bond acceptors (Lipinski definition) is 3. The van der Waals surface area contributed by atoms with Crippen molar-refractivity contribution in [3.63, 3.8) is 0 Å². The van der Waals surface area contributed by atoms with Gasteiger partial charge in [0.1, 0.15) is 0 Å². The summed E-state index contributed by atoms with van der Waals surface area (Å²) in [6.45, 7) is 4.25. The van der Waals surface area contributed by atoms with Crippen LogP contribution in [0.2, 0.25) is 0 Å². The zero-order valence-electron chi connectivity index (χ0n) is 11.5. The van der Waals surface area contributed by atoms with E-state index >= 15 is 0 Å². The first kappa shape index (κ1) is 15.3. The topological polar surface area (TPSA) is 90.0 Å². The summed E-state index contributed by atoms with van der Waals surface area (Å²) in [6.07, 6.45) is 0.730. The highest BCUT2D eigenvalue weighted by molar-refractivity contribution is 5.77. The summed E-state index contributed by atoms with van der Waals surface area (Å²) in [5, 5.41) is 11.6. The Labute approximate surface area is 112 Å². The summed E-state index contributed by atoms with van der Waals surface area (Å²) in [5.41, 5.74) is 0. The largest absolute Gasteiger partial charge is 0.481 e. The molecule has 0 aromatic carbocycles. The maximum Gasteiger partial charge on any atom is 0.319 e. The van der Waals surface area contributed by atoms with Crippen molar-refractivity contribution >= 4 is 17.9 Å². The number of rotatable bonds is 4. The van der Waals surface area contributed by atoms with Gasteiger partial charge in [-0.25, -0.2) is 4.79 Å². The molecule has 3 amide bonds. The normalized spacial score (nSPS) is 19.9. The molecule has 108 valence electrons. The molecule has 1 heterocycles. The predicted octanol–water partition coefficient (Wildman–Crippen LogP) is -0.0307. The number of carbonyl (C=O) groups is 3. The number of carboxylic acid groups (broad SMARTS) is 1. The Balaban J connectivity index is 2.46. The lowest BCUT2D eigenvalue weighted by atomic mass is 10.2. The lowest BCUT2D eigenvalue weighted by molar-refractivity contribution is -0.141. The fraction of sp³-hybridized carbons (Fsp3) is 0.750. The van der Waals surface area contributed by atoms with Gasteiger partial charge in [-0.3, -0.25) is 9.59 Å². The molecule has 0 saturated carbocycles. The number of nitrogens with zero attached hydrogens (tertiary/aromatic N) is 2. The molecule has 0 aromatic heterocycles. The Morgan fingerprint density at radius 1 is 1.47 bits per heavy atom. The van der Waals surface area contributed by atoms with Crippen LogP contribution in [0.25, 0.3) is 0 Å². The number of carbonyl (C=O) groups excluding carboxylic acids is 2. The van der Waals surface area contributed by atoms with Crippen molar-refractivity contribution in [2.45, 2.75) is 26.3 Å². The first-order valence-corrected chi connectivity index (χ1v) is 6.31. The molecule has 7 heteroatoms. The van der Waals surface area contributed by atoms with Gasteiger partial charge in [0, 0.05) is 39.6 Å². The van der Waals surface area contributed by atoms with E-state index in [2.05, 4.69) is 5.32 Å². The molecule has 0 bridgehead atoms. The third kappa shape index (κ3) is 4.42. The molecule has 0 aromatic rings. The maximum atomic E-state index is 12.1. The van der Waals surface area contributed by atoms with Crippen molar-refractivity contribution in [1.29, 1.82) is 0 Å². The second kappa shape index (κ2) is 6.40. The highest BCUT2D eigenvalue weighted by atomic mass is 16.4. The van der Waals surface area contributed by atoms with E-state index in [0.29, 0.717) is 13.1 Å². The Morgan fingerprint density at radius 2 is 2.11 bits per heavy atom. The van der Waals surface area contributed by atoms with E-state index in [9.17, 15) is 14.4 Å². The highest BCUT2D eigenvalue weighted by Crippen LogP contribution is 2.12. The van der Waals surface area contributed by atoms with Crippen molar-refractivity contribution in [3.05, 3.63) is 0 Å². The average molecular weight is 271 g/mol. The Hall–Kier alpha value is -1.79. The molecule has 2 atom stereocenters. The summed E-state index contributed by atoms with van der Waals surface area (Å²) in [4.78, 5) is 36.8. The molecule has 0 aliphatic carbocycles. The second-order valence-electron chi connectivity index (χ2n) is 5.03. The van der Waals surface area contributed by atoms with Crippen LogP contribution in [0, 0.1) is 5.92 Å². The summed E-state index contributed by atoms with van der Waals surface area (Å²) in [5.74, 6) is -1.62. The number of urea groups is 1. The first-order chi connectivity index (χ1) is 8.81. The Kier molecular flexibility index (Phi) is 5.14. The molecule has 19 heavy (non-hydrogen) atoms. The van der Waals surface area contributed by atoms with Crippen LogP contribution < -0.4 is 5.32 Å². The number of hydrogen-bond donors (Lipinski definition) is 2. The molecule has 0 spiro atoms. The number of likely N-dealkylation sites (tertiary alicyclic amines) is 1. The van der Waals surface area contributed by atoms with Crippen LogP contribution in [0.4, 0.5) is 4.79 Å². The summed E-state index contributed by atoms with van der Waals surface area (Å²) in [7, 11) is 1.59. The molecule has 1 saturated heterocycles. The fourth-order valence-corrected chi connectivity index (χ4v) is 2.15. The molecular weight excluding hydrogens is 250 g/mol. The number of carboxylic acids is 1. The summed E-state index contributed by atoms with van der Waals surface area (Å²) >= 11 is 0. The minimum Gasteiger partial charge on any atom is -0.481 e. The molecule has 0 radical (unpaired) electrons. The number of nitrogens with one attached hydrogen (secondary N) is 1. The van der Waals surface area contributed by atoms with Gasteiger partial charge >= 0.3 is 12.0 Å². The molecule has 1 aliphatic rings. The van der Waals surface area contributed by atoms with Crippen LogP contribution in [0.3, 0.4) is 0 Å². The quantitative estimate of drug-likeness (QED) is 0.751. The van der Waals surface area contributed by atoms with Crippen LogP contribution in [0.5, 0.6) is 0 Å². The number of aliphatic carboxylic acids is 1. The zero-order chi connectivity index (χ0) is 14.6. The van der Waals surface area contributed by atoms with Crippen molar-refractivity contribution in [2.24, 2.45) is 5.92 Å². The van der Waals surface area contributed by atoms with Gasteiger partial charge in [-0.15, -0.1) is 0 Å². The van der Waals surface area contributed by atoms with Crippen LogP contribution >= 0.6 is 0 Å². The minimum atomic E-state index is -0.919. The third-order valence-electron chi connectivity index (χ3n) is 3.16. The van der Waals surface area contributed by atoms with Crippen molar-refractivity contribution in [1.82, 2.24) is 15.1 Å². The maximum absolute atomic E-state index is 12.1. The number of amides is 3. The van der Waals surface area contributed by atoms with Crippen molar-refractivity contribution in [3.8, 4) is 0 Å². The SMILES string of the molecule is CC(=O)NC1CCN(C(=O)N(C)CC(C)C(=O)O)C1. The Morgan fingerprint density at radius 3 is 2.63 bits per heavy atom. The van der Waals surface area contributed by atoms with Gasteiger partial charge in [0.25, 0.3) is 0 Å². The van der Waals surface area contributed by atoms with Gasteiger partial charge in [-0.2, -0.15) is 0 Å². The van der Waals surface area contributed by atoms with Gasteiger partial charge in [0.2, 0.25) is 5.91 Å². The second-order valence-corrected chi connectivity index (χ2v) is 5.03. The van der Waals surface area contributed by atoms with Crippen LogP contribution in [-0.4, -0.2) is 65.5 Å². The van der Waals surface area contributed by atoms with Crippen LogP contribution in [0.1, 0.15) is 20.3 Å².